The third-order valence-electron chi connectivity index (χ3n) is 4.57. The Hall–Kier alpha value is -3.43. The summed E-state index contributed by atoms with van der Waals surface area (Å²) in [5, 5.41) is 10.7. The number of nitrogens with zero attached hydrogens (tertiary/aromatic N) is 3. The molecule has 1 saturated heterocycles. The number of hydrogen-bond acceptors (Lipinski definition) is 5. The molecule has 0 radical (unpaired) electrons. The van der Waals surface area contributed by atoms with Gasteiger partial charge in [0.2, 0.25) is 0 Å². The van der Waals surface area contributed by atoms with Gasteiger partial charge in [0, 0.05) is 29.5 Å². The number of nitro groups is 1. The Morgan fingerprint density at radius 3 is 2.71 bits per heavy atom. The van der Waals surface area contributed by atoms with Crippen molar-refractivity contribution in [2.75, 3.05) is 0 Å². The van der Waals surface area contributed by atoms with E-state index in [1.54, 1.807) is 41.2 Å². The maximum absolute atomic E-state index is 13.2. The second kappa shape index (κ2) is 8.37. The Kier molecular flexibility index (Phi) is 5.62. The highest BCUT2D eigenvalue weighted by atomic mass is 35.5. The molecule has 0 N–H and O–H groups in total. The molecule has 4 rings (SSSR count). The highest BCUT2D eigenvalue weighted by Gasteiger charge is 2.35. The minimum Gasteiger partial charge on any atom is -0.323 e. The highest BCUT2D eigenvalue weighted by Crippen LogP contribution is 2.34. The van der Waals surface area contributed by atoms with E-state index < -0.39 is 21.9 Å². The highest BCUT2D eigenvalue weighted by molar-refractivity contribution is 8.18. The molecule has 0 aliphatic carbocycles. The molecule has 7 nitrogen and oxygen atoms in total. The Balaban J connectivity index is 1.55. The molecule has 0 atom stereocenters. The van der Waals surface area contributed by atoms with Crippen LogP contribution in [0.15, 0.2) is 65.8 Å². The summed E-state index contributed by atoms with van der Waals surface area (Å²) in [6.07, 6.45) is 4.97. The van der Waals surface area contributed by atoms with Crippen molar-refractivity contribution in [1.82, 2.24) is 9.47 Å². The maximum Gasteiger partial charge on any atom is 0.293 e. The number of imide groups is 1. The fourth-order valence-electron chi connectivity index (χ4n) is 3.03. The van der Waals surface area contributed by atoms with Gasteiger partial charge < -0.3 is 4.57 Å². The van der Waals surface area contributed by atoms with Crippen LogP contribution in [0.3, 0.4) is 0 Å². The van der Waals surface area contributed by atoms with Crippen LogP contribution in [0.4, 0.5) is 14.9 Å². The van der Waals surface area contributed by atoms with Crippen LogP contribution in [0, 0.1) is 15.9 Å². The average molecular weight is 458 g/mol. The molecule has 1 aliphatic heterocycles. The summed E-state index contributed by atoms with van der Waals surface area (Å²) in [6, 6.07) is 11.6. The van der Waals surface area contributed by atoms with Crippen LogP contribution in [0.5, 0.6) is 0 Å². The van der Waals surface area contributed by atoms with Gasteiger partial charge in [0.1, 0.15) is 5.82 Å². The number of halogens is 2. The molecule has 0 saturated carbocycles. The van der Waals surface area contributed by atoms with E-state index in [4.69, 9.17) is 11.6 Å². The van der Waals surface area contributed by atoms with Gasteiger partial charge in [-0.15, -0.1) is 0 Å². The zero-order valence-electron chi connectivity index (χ0n) is 15.7. The van der Waals surface area contributed by atoms with Crippen LogP contribution in [-0.4, -0.2) is 25.5 Å². The minimum atomic E-state index is -0.504. The normalized spacial score (nSPS) is 15.2. The van der Waals surface area contributed by atoms with Crippen molar-refractivity contribution in [1.29, 1.82) is 0 Å². The summed E-state index contributed by atoms with van der Waals surface area (Å²) in [5.41, 5.74) is 1.67. The lowest BCUT2D eigenvalue weighted by Gasteiger charge is -2.13. The number of carbonyl (C=O) groups excluding carboxylic acids is 2. The maximum atomic E-state index is 13.2. The van der Waals surface area contributed by atoms with Crippen molar-refractivity contribution in [3.05, 3.63) is 97.9 Å². The standard InChI is InChI=1S/C21H13ClFN3O4S/c22-18-9-15(23)5-4-14(18)12-25-20(27)19(31-21(25)28)8-13-6-7-24(11-13)16-2-1-3-17(10-16)26(29)30/h1-11H,12H2/b19-8+. The van der Waals surface area contributed by atoms with Gasteiger partial charge in [-0.2, -0.15) is 0 Å². The van der Waals surface area contributed by atoms with Crippen molar-refractivity contribution in [2.24, 2.45) is 0 Å². The van der Waals surface area contributed by atoms with Crippen LogP contribution >= 0.6 is 23.4 Å². The molecular formula is C21H13ClFN3O4S. The third-order valence-corrected chi connectivity index (χ3v) is 5.83. The zero-order chi connectivity index (χ0) is 22.1. The van der Waals surface area contributed by atoms with Gasteiger partial charge in [-0.1, -0.05) is 23.7 Å². The number of benzene rings is 2. The van der Waals surface area contributed by atoms with E-state index in [1.807, 2.05) is 0 Å². The molecule has 2 amide bonds. The van der Waals surface area contributed by atoms with E-state index in [9.17, 15) is 24.1 Å². The first kappa shape index (κ1) is 20.8. The van der Waals surface area contributed by atoms with Gasteiger partial charge in [0.25, 0.3) is 16.8 Å². The smallest absolute Gasteiger partial charge is 0.293 e. The Labute approximate surface area is 184 Å². The number of thioether (sulfide) groups is 1. The van der Waals surface area contributed by atoms with E-state index in [2.05, 4.69) is 0 Å². The first-order chi connectivity index (χ1) is 14.8. The van der Waals surface area contributed by atoms with E-state index >= 15 is 0 Å². The van der Waals surface area contributed by atoms with E-state index in [-0.39, 0.29) is 22.2 Å². The lowest BCUT2D eigenvalue weighted by atomic mass is 10.2. The predicted molar refractivity (Wildman–Crippen MR) is 115 cm³/mol. The molecule has 0 spiro atoms. The first-order valence-corrected chi connectivity index (χ1v) is 10.1. The molecule has 1 aliphatic rings. The molecule has 156 valence electrons. The molecule has 31 heavy (non-hydrogen) atoms. The van der Waals surface area contributed by atoms with Crippen molar-refractivity contribution in [2.45, 2.75) is 6.54 Å². The van der Waals surface area contributed by atoms with E-state index in [0.717, 1.165) is 22.7 Å². The lowest BCUT2D eigenvalue weighted by Crippen LogP contribution is -2.27. The summed E-state index contributed by atoms with van der Waals surface area (Å²) in [5.74, 6) is -0.977. The van der Waals surface area contributed by atoms with Crippen LogP contribution in [0.1, 0.15) is 11.1 Å². The SMILES string of the molecule is O=C1S/C(=C/c2ccn(-c3cccc([N+](=O)[O-])c3)c2)C(=O)N1Cc1ccc(F)cc1Cl. The van der Waals surface area contributed by atoms with Gasteiger partial charge in [0.15, 0.2) is 0 Å². The number of aromatic nitrogens is 1. The van der Waals surface area contributed by atoms with Crippen LogP contribution in [0.2, 0.25) is 5.02 Å². The molecule has 1 aromatic heterocycles. The molecule has 10 heteroatoms. The molecule has 3 aromatic rings. The van der Waals surface area contributed by atoms with Crippen molar-refractivity contribution < 1.29 is 18.9 Å². The molecule has 1 fully saturated rings. The van der Waals surface area contributed by atoms with Gasteiger partial charge in [-0.05, 0) is 53.2 Å². The van der Waals surface area contributed by atoms with Gasteiger partial charge >= 0.3 is 0 Å². The quantitative estimate of drug-likeness (QED) is 0.290. The van der Waals surface area contributed by atoms with Gasteiger partial charge in [-0.3, -0.25) is 24.6 Å². The second-order valence-corrected chi connectivity index (χ2v) is 8.03. The van der Waals surface area contributed by atoms with Crippen LogP contribution in [0.25, 0.3) is 11.8 Å². The molecule has 2 aromatic carbocycles. The summed E-state index contributed by atoms with van der Waals surface area (Å²) >= 11 is 6.80. The van der Waals surface area contributed by atoms with Gasteiger partial charge in [0.05, 0.1) is 22.1 Å². The Morgan fingerprint density at radius 2 is 1.97 bits per heavy atom. The average Bonchev–Trinajstić information content (AvgIpc) is 3.30. The minimum absolute atomic E-state index is 0.0340. The predicted octanol–water partition coefficient (Wildman–Crippen LogP) is 5.41. The topological polar surface area (TPSA) is 85.5 Å². The van der Waals surface area contributed by atoms with Crippen LogP contribution < -0.4 is 0 Å². The van der Waals surface area contributed by atoms with Crippen LogP contribution in [-0.2, 0) is 11.3 Å². The largest absolute Gasteiger partial charge is 0.323 e. The van der Waals surface area contributed by atoms with E-state index in [0.29, 0.717) is 16.8 Å². The summed E-state index contributed by atoms with van der Waals surface area (Å²) in [7, 11) is 0. The number of amides is 2. The van der Waals surface area contributed by atoms with E-state index in [1.165, 1.54) is 24.3 Å². The zero-order valence-corrected chi connectivity index (χ0v) is 17.3. The lowest BCUT2D eigenvalue weighted by molar-refractivity contribution is -0.384. The number of non-ortho nitro benzene ring substituents is 1. The molecule has 0 bridgehead atoms. The van der Waals surface area contributed by atoms with Crippen molar-refractivity contribution in [3.8, 4) is 5.69 Å². The number of hydrogen-bond donors (Lipinski definition) is 0. The second-order valence-electron chi connectivity index (χ2n) is 6.63. The molecular weight excluding hydrogens is 445 g/mol. The van der Waals surface area contributed by atoms with Crippen molar-refractivity contribution >= 4 is 46.3 Å². The summed E-state index contributed by atoms with van der Waals surface area (Å²) in [6.45, 7) is -0.0597. The number of nitro benzene ring substituents is 1. The summed E-state index contributed by atoms with van der Waals surface area (Å²) < 4.78 is 14.9. The fourth-order valence-corrected chi connectivity index (χ4v) is 4.10. The molecule has 0 unspecified atom stereocenters. The Bertz CT molecular complexity index is 1260. The number of rotatable bonds is 5. The monoisotopic (exact) mass is 457 g/mol. The third kappa shape index (κ3) is 4.37. The summed E-state index contributed by atoms with van der Waals surface area (Å²) in [4.78, 5) is 36.8. The molecule has 2 heterocycles. The first-order valence-electron chi connectivity index (χ1n) is 8.94. The Morgan fingerprint density at radius 1 is 1.16 bits per heavy atom. The van der Waals surface area contributed by atoms with Crippen molar-refractivity contribution in [3.63, 3.8) is 0 Å². The fraction of sp³-hybridized carbons (Fsp3) is 0.0476. The number of carbonyl (C=O) groups is 2. The van der Waals surface area contributed by atoms with Gasteiger partial charge in [-0.25, -0.2) is 4.39 Å².